The highest BCUT2D eigenvalue weighted by atomic mass is 79.9. The second-order valence-electron chi connectivity index (χ2n) is 3.66. The molecule has 2 rings (SSSR count). The monoisotopic (exact) mass is 326 g/mol. The van der Waals surface area contributed by atoms with Crippen molar-refractivity contribution in [2.45, 2.75) is 6.54 Å². The SMILES string of the molecule is Nc1ccc(C(=O)O)c(NCc2sccc2Br)c1. The van der Waals surface area contributed by atoms with Crippen molar-refractivity contribution in [3.8, 4) is 0 Å². The predicted octanol–water partition coefficient (Wildman–Crippen LogP) is 3.40. The van der Waals surface area contributed by atoms with Crippen molar-refractivity contribution >= 4 is 44.6 Å². The van der Waals surface area contributed by atoms with E-state index in [9.17, 15) is 4.79 Å². The number of nitrogens with one attached hydrogen (secondary N) is 1. The lowest BCUT2D eigenvalue weighted by Gasteiger charge is -2.09. The second kappa shape index (κ2) is 5.41. The van der Waals surface area contributed by atoms with Crippen LogP contribution in [0.15, 0.2) is 34.1 Å². The third kappa shape index (κ3) is 2.83. The van der Waals surface area contributed by atoms with Gasteiger partial charge in [0.2, 0.25) is 0 Å². The zero-order valence-corrected chi connectivity index (χ0v) is 11.7. The largest absolute Gasteiger partial charge is 0.478 e. The molecule has 0 saturated carbocycles. The van der Waals surface area contributed by atoms with Crippen molar-refractivity contribution in [2.24, 2.45) is 0 Å². The number of anilines is 2. The average molecular weight is 327 g/mol. The van der Waals surface area contributed by atoms with Crippen LogP contribution in [-0.4, -0.2) is 11.1 Å². The molecule has 18 heavy (non-hydrogen) atoms. The molecular weight excluding hydrogens is 316 g/mol. The first-order valence-corrected chi connectivity index (χ1v) is 6.84. The van der Waals surface area contributed by atoms with Gasteiger partial charge in [0.05, 0.1) is 17.8 Å². The lowest BCUT2D eigenvalue weighted by Crippen LogP contribution is -2.06. The first-order chi connectivity index (χ1) is 8.58. The Morgan fingerprint density at radius 2 is 2.22 bits per heavy atom. The Hall–Kier alpha value is -1.53. The van der Waals surface area contributed by atoms with Crippen LogP contribution in [-0.2, 0) is 6.54 Å². The van der Waals surface area contributed by atoms with Crippen molar-refractivity contribution in [1.29, 1.82) is 0 Å². The van der Waals surface area contributed by atoms with Gasteiger partial charge in [0.25, 0.3) is 0 Å². The zero-order valence-electron chi connectivity index (χ0n) is 9.31. The molecule has 0 unspecified atom stereocenters. The minimum absolute atomic E-state index is 0.219. The van der Waals surface area contributed by atoms with E-state index in [1.54, 1.807) is 23.5 Å². The van der Waals surface area contributed by atoms with Gasteiger partial charge >= 0.3 is 5.97 Å². The Morgan fingerprint density at radius 3 is 2.83 bits per heavy atom. The number of rotatable bonds is 4. The number of hydrogen-bond acceptors (Lipinski definition) is 4. The van der Waals surface area contributed by atoms with Crippen LogP contribution in [0.2, 0.25) is 0 Å². The standard InChI is InChI=1S/C12H11BrN2O2S/c13-9-3-4-18-11(9)6-15-10-5-7(14)1-2-8(10)12(16)17/h1-5,15H,6,14H2,(H,16,17). The Labute approximate surface area is 117 Å². The van der Waals surface area contributed by atoms with Crippen molar-refractivity contribution < 1.29 is 9.90 Å². The Balaban J connectivity index is 2.20. The fraction of sp³-hybridized carbons (Fsp3) is 0.0833. The highest BCUT2D eigenvalue weighted by Crippen LogP contribution is 2.25. The molecule has 1 aromatic heterocycles. The number of thiophene rings is 1. The molecule has 0 fully saturated rings. The Kier molecular flexibility index (Phi) is 3.88. The highest BCUT2D eigenvalue weighted by Gasteiger charge is 2.10. The molecule has 4 N–H and O–H groups in total. The van der Waals surface area contributed by atoms with Crippen LogP contribution in [0.25, 0.3) is 0 Å². The first-order valence-electron chi connectivity index (χ1n) is 5.16. The molecule has 0 aliphatic rings. The fourth-order valence-corrected chi connectivity index (χ4v) is 2.95. The number of carboxylic acid groups (broad SMARTS) is 1. The molecule has 94 valence electrons. The van der Waals surface area contributed by atoms with Gasteiger partial charge < -0.3 is 16.2 Å². The van der Waals surface area contributed by atoms with Gasteiger partial charge in [-0.05, 0) is 45.6 Å². The van der Waals surface area contributed by atoms with Gasteiger partial charge in [-0.15, -0.1) is 11.3 Å². The maximum atomic E-state index is 11.1. The molecule has 0 spiro atoms. The molecule has 0 saturated heterocycles. The van der Waals surface area contributed by atoms with E-state index in [0.717, 1.165) is 9.35 Å². The normalized spacial score (nSPS) is 10.3. The van der Waals surface area contributed by atoms with E-state index in [1.807, 2.05) is 11.4 Å². The Bertz CT molecular complexity index is 583. The smallest absolute Gasteiger partial charge is 0.337 e. The van der Waals surface area contributed by atoms with Crippen LogP contribution < -0.4 is 11.1 Å². The van der Waals surface area contributed by atoms with Crippen LogP contribution in [0.4, 0.5) is 11.4 Å². The van der Waals surface area contributed by atoms with Gasteiger partial charge in [-0.3, -0.25) is 0 Å². The first kappa shape index (κ1) is 12.9. The zero-order chi connectivity index (χ0) is 13.1. The van der Waals surface area contributed by atoms with Crippen LogP contribution in [0.1, 0.15) is 15.2 Å². The second-order valence-corrected chi connectivity index (χ2v) is 5.51. The van der Waals surface area contributed by atoms with E-state index in [0.29, 0.717) is 17.9 Å². The summed E-state index contributed by atoms with van der Waals surface area (Å²) in [5.41, 5.74) is 6.95. The van der Waals surface area contributed by atoms with Gasteiger partial charge in [-0.25, -0.2) is 4.79 Å². The molecule has 0 amide bonds. The van der Waals surface area contributed by atoms with E-state index < -0.39 is 5.97 Å². The number of nitrogens with two attached hydrogens (primary N) is 1. The topological polar surface area (TPSA) is 75.4 Å². The van der Waals surface area contributed by atoms with Crippen molar-refractivity contribution in [1.82, 2.24) is 0 Å². The summed E-state index contributed by atoms with van der Waals surface area (Å²) in [5.74, 6) is -0.970. The molecule has 2 aromatic rings. The van der Waals surface area contributed by atoms with E-state index in [4.69, 9.17) is 10.8 Å². The van der Waals surface area contributed by atoms with Gasteiger partial charge in [-0.2, -0.15) is 0 Å². The average Bonchev–Trinajstić information content (AvgIpc) is 2.72. The molecule has 4 nitrogen and oxygen atoms in total. The molecular formula is C12H11BrN2O2S. The van der Waals surface area contributed by atoms with Crippen LogP contribution in [0.5, 0.6) is 0 Å². The van der Waals surface area contributed by atoms with Crippen LogP contribution in [0.3, 0.4) is 0 Å². The summed E-state index contributed by atoms with van der Waals surface area (Å²) in [5, 5.41) is 14.1. The lowest BCUT2D eigenvalue weighted by atomic mass is 10.1. The fourth-order valence-electron chi connectivity index (χ4n) is 1.52. The van der Waals surface area contributed by atoms with Gasteiger partial charge in [0, 0.05) is 15.0 Å². The predicted molar refractivity (Wildman–Crippen MR) is 77.2 cm³/mol. The quantitative estimate of drug-likeness (QED) is 0.752. The number of benzene rings is 1. The van der Waals surface area contributed by atoms with Crippen molar-refractivity contribution in [3.05, 3.63) is 44.6 Å². The third-order valence-corrected chi connectivity index (χ3v) is 4.33. The highest BCUT2D eigenvalue weighted by molar-refractivity contribution is 9.10. The lowest BCUT2D eigenvalue weighted by molar-refractivity contribution is 0.0698. The number of halogens is 1. The third-order valence-electron chi connectivity index (χ3n) is 2.40. The summed E-state index contributed by atoms with van der Waals surface area (Å²) >= 11 is 5.03. The van der Waals surface area contributed by atoms with Gasteiger partial charge in [-0.1, -0.05) is 0 Å². The molecule has 0 aliphatic carbocycles. The summed E-state index contributed by atoms with van der Waals surface area (Å²) in [6.45, 7) is 0.558. The summed E-state index contributed by atoms with van der Waals surface area (Å²) < 4.78 is 1.01. The van der Waals surface area contributed by atoms with Crippen molar-refractivity contribution in [3.63, 3.8) is 0 Å². The summed E-state index contributed by atoms with van der Waals surface area (Å²) in [6, 6.07) is 6.67. The molecule has 6 heteroatoms. The minimum atomic E-state index is -0.970. The maximum absolute atomic E-state index is 11.1. The number of aromatic carboxylic acids is 1. The van der Waals surface area contributed by atoms with E-state index in [1.165, 1.54) is 6.07 Å². The van der Waals surface area contributed by atoms with Crippen LogP contribution >= 0.6 is 27.3 Å². The molecule has 0 bridgehead atoms. The summed E-state index contributed by atoms with van der Waals surface area (Å²) in [6.07, 6.45) is 0. The van der Waals surface area contributed by atoms with Crippen molar-refractivity contribution in [2.75, 3.05) is 11.1 Å². The Morgan fingerprint density at radius 1 is 1.44 bits per heavy atom. The molecule has 0 atom stereocenters. The van der Waals surface area contributed by atoms with Gasteiger partial charge in [0.15, 0.2) is 0 Å². The molecule has 0 aliphatic heterocycles. The number of carboxylic acids is 1. The number of hydrogen-bond donors (Lipinski definition) is 3. The van der Waals surface area contributed by atoms with E-state index >= 15 is 0 Å². The maximum Gasteiger partial charge on any atom is 0.337 e. The summed E-state index contributed by atoms with van der Waals surface area (Å²) in [4.78, 5) is 12.2. The van der Waals surface area contributed by atoms with E-state index in [2.05, 4.69) is 21.2 Å². The van der Waals surface area contributed by atoms with Gasteiger partial charge in [0.1, 0.15) is 0 Å². The molecule has 1 aromatic carbocycles. The molecule has 0 radical (unpaired) electrons. The number of nitrogen functional groups attached to an aromatic ring is 1. The summed E-state index contributed by atoms with van der Waals surface area (Å²) in [7, 11) is 0. The van der Waals surface area contributed by atoms with Crippen LogP contribution in [0, 0.1) is 0 Å². The number of carbonyl (C=O) groups is 1. The minimum Gasteiger partial charge on any atom is -0.478 e. The molecule has 1 heterocycles. The van der Waals surface area contributed by atoms with E-state index in [-0.39, 0.29) is 5.56 Å².